The fraction of sp³-hybridized carbons (Fsp3) is 0.227. The van der Waals surface area contributed by atoms with Crippen molar-refractivity contribution in [1.29, 1.82) is 0 Å². The van der Waals surface area contributed by atoms with Gasteiger partial charge in [-0.05, 0) is 22.3 Å². The number of carboxylic acid groups (broad SMARTS) is 1. The number of carbonyl (C=O) groups excluding carboxylic acids is 1. The molecule has 2 N–H and O–H groups in total. The maximum Gasteiger partial charge on any atom is 0.407 e. The Labute approximate surface area is 178 Å². The first-order chi connectivity index (χ1) is 14.5. The molecule has 2 aromatic carbocycles. The molecular formula is C22H20ClN3O4. The Morgan fingerprint density at radius 1 is 1.17 bits per heavy atom. The highest BCUT2D eigenvalue weighted by molar-refractivity contribution is 6.29. The third kappa shape index (κ3) is 3.76. The Bertz CT molecular complexity index is 1070. The van der Waals surface area contributed by atoms with Gasteiger partial charge in [0.1, 0.15) is 23.6 Å². The zero-order chi connectivity index (χ0) is 21.3. The molecule has 0 aliphatic heterocycles. The second-order valence-electron chi connectivity index (χ2n) is 7.12. The van der Waals surface area contributed by atoms with Crippen molar-refractivity contribution in [3.05, 3.63) is 76.8 Å². The van der Waals surface area contributed by atoms with Crippen LogP contribution in [0.15, 0.2) is 54.7 Å². The lowest BCUT2D eigenvalue weighted by molar-refractivity contribution is -0.139. The van der Waals surface area contributed by atoms with Crippen LogP contribution >= 0.6 is 11.6 Å². The molecule has 0 saturated carbocycles. The minimum Gasteiger partial charge on any atom is -0.480 e. The summed E-state index contributed by atoms with van der Waals surface area (Å²) in [5.74, 6) is -0.825. The first kappa shape index (κ1) is 20.0. The Morgan fingerprint density at radius 3 is 2.30 bits per heavy atom. The van der Waals surface area contributed by atoms with Crippen LogP contribution in [-0.4, -0.2) is 39.4 Å². The molecule has 154 valence electrons. The zero-order valence-corrected chi connectivity index (χ0v) is 17.0. The molecule has 1 amide bonds. The molecule has 0 radical (unpaired) electrons. The van der Waals surface area contributed by atoms with E-state index in [-0.39, 0.29) is 18.9 Å². The molecule has 1 unspecified atom stereocenters. The molecule has 8 heteroatoms. The van der Waals surface area contributed by atoms with Gasteiger partial charge in [-0.25, -0.2) is 14.6 Å². The number of alkyl carbamates (subject to hydrolysis) is 1. The zero-order valence-electron chi connectivity index (χ0n) is 16.2. The summed E-state index contributed by atoms with van der Waals surface area (Å²) in [5.41, 5.74) is 4.42. The molecule has 0 spiro atoms. The van der Waals surface area contributed by atoms with Crippen molar-refractivity contribution in [2.75, 3.05) is 6.61 Å². The lowest BCUT2D eigenvalue weighted by Gasteiger charge is -2.17. The topological polar surface area (TPSA) is 93.5 Å². The maximum atomic E-state index is 12.4. The summed E-state index contributed by atoms with van der Waals surface area (Å²) in [5, 5.41) is 12.3. The third-order valence-electron chi connectivity index (χ3n) is 5.35. The molecule has 1 aliphatic carbocycles. The minimum atomic E-state index is -1.18. The smallest absolute Gasteiger partial charge is 0.407 e. The second-order valence-corrected chi connectivity index (χ2v) is 7.51. The van der Waals surface area contributed by atoms with Gasteiger partial charge in [0.05, 0.1) is 6.20 Å². The summed E-state index contributed by atoms with van der Waals surface area (Å²) < 4.78 is 6.99. The summed E-state index contributed by atoms with van der Waals surface area (Å²) >= 11 is 5.94. The fourth-order valence-electron chi connectivity index (χ4n) is 3.78. The number of rotatable bonds is 6. The Morgan fingerprint density at radius 2 is 1.77 bits per heavy atom. The quantitative estimate of drug-likeness (QED) is 0.629. The highest BCUT2D eigenvalue weighted by Crippen LogP contribution is 2.44. The molecule has 0 saturated heterocycles. The average Bonchev–Trinajstić information content (AvgIpc) is 3.23. The van der Waals surface area contributed by atoms with Crippen LogP contribution in [0.25, 0.3) is 11.1 Å². The highest BCUT2D eigenvalue weighted by Gasteiger charge is 2.30. The van der Waals surface area contributed by atoms with E-state index in [2.05, 4.69) is 10.3 Å². The molecule has 0 fully saturated rings. The predicted octanol–water partition coefficient (Wildman–Crippen LogP) is 3.61. The molecule has 3 aromatic rings. The van der Waals surface area contributed by atoms with Crippen LogP contribution < -0.4 is 5.32 Å². The number of halogens is 1. The van der Waals surface area contributed by atoms with Gasteiger partial charge in [0, 0.05) is 19.4 Å². The molecule has 1 aromatic heterocycles. The normalized spacial score (nSPS) is 13.4. The number of carboxylic acids is 1. The lowest BCUT2D eigenvalue weighted by Crippen LogP contribution is -2.43. The number of amides is 1. The number of fused-ring (bicyclic) bond motifs is 3. The van der Waals surface area contributed by atoms with Gasteiger partial charge < -0.3 is 19.7 Å². The molecule has 30 heavy (non-hydrogen) atoms. The standard InChI is InChI=1S/C22H20ClN3O4/c1-26-19(23)11-24-20(26)10-18(21(27)28)25-22(29)30-12-17-15-8-4-2-6-13(15)14-7-3-5-9-16(14)17/h2-9,11,17-18H,10,12H2,1H3,(H,25,29)(H,27,28). The van der Waals surface area contributed by atoms with E-state index in [1.807, 2.05) is 48.5 Å². The SMILES string of the molecule is Cn1c(Cl)cnc1CC(NC(=O)OCC1c2ccccc2-c2ccccc21)C(=O)O. The Hall–Kier alpha value is -3.32. The van der Waals surface area contributed by atoms with Gasteiger partial charge in [-0.2, -0.15) is 0 Å². The molecule has 0 bridgehead atoms. The summed E-state index contributed by atoms with van der Waals surface area (Å²) in [4.78, 5) is 28.1. The van der Waals surface area contributed by atoms with Gasteiger partial charge in [0.2, 0.25) is 0 Å². The van der Waals surface area contributed by atoms with E-state index in [9.17, 15) is 14.7 Å². The number of benzene rings is 2. The molecular weight excluding hydrogens is 406 g/mol. The number of carbonyl (C=O) groups is 2. The van der Waals surface area contributed by atoms with Crippen molar-refractivity contribution in [3.8, 4) is 11.1 Å². The van der Waals surface area contributed by atoms with Crippen LogP contribution in [-0.2, 0) is 23.0 Å². The van der Waals surface area contributed by atoms with E-state index in [0.717, 1.165) is 22.3 Å². The monoisotopic (exact) mass is 425 g/mol. The van der Waals surface area contributed by atoms with Crippen LogP contribution in [0.2, 0.25) is 5.15 Å². The minimum absolute atomic E-state index is 0.0112. The molecule has 1 aliphatic rings. The first-order valence-corrected chi connectivity index (χ1v) is 9.84. The number of hydrogen-bond donors (Lipinski definition) is 2. The number of ether oxygens (including phenoxy) is 1. The number of aromatic nitrogens is 2. The van der Waals surface area contributed by atoms with Gasteiger partial charge in [0.25, 0.3) is 0 Å². The van der Waals surface area contributed by atoms with E-state index < -0.39 is 18.1 Å². The fourth-order valence-corrected chi connectivity index (χ4v) is 3.93. The summed E-state index contributed by atoms with van der Waals surface area (Å²) in [6.07, 6.45) is 0.635. The second kappa shape index (κ2) is 8.20. The van der Waals surface area contributed by atoms with E-state index >= 15 is 0 Å². The van der Waals surface area contributed by atoms with Gasteiger partial charge in [-0.15, -0.1) is 0 Å². The van der Waals surface area contributed by atoms with E-state index in [0.29, 0.717) is 11.0 Å². The summed E-state index contributed by atoms with van der Waals surface area (Å²) in [6, 6.07) is 14.8. The predicted molar refractivity (Wildman–Crippen MR) is 112 cm³/mol. The van der Waals surface area contributed by atoms with E-state index in [4.69, 9.17) is 16.3 Å². The lowest BCUT2D eigenvalue weighted by atomic mass is 9.98. The van der Waals surface area contributed by atoms with Crippen molar-refractivity contribution in [2.24, 2.45) is 7.05 Å². The van der Waals surface area contributed by atoms with Crippen LogP contribution in [0.3, 0.4) is 0 Å². The van der Waals surface area contributed by atoms with Crippen molar-refractivity contribution < 1.29 is 19.4 Å². The molecule has 7 nitrogen and oxygen atoms in total. The molecule has 1 atom stereocenters. The van der Waals surface area contributed by atoms with Crippen molar-refractivity contribution in [2.45, 2.75) is 18.4 Å². The molecule has 4 rings (SSSR count). The van der Waals surface area contributed by atoms with Crippen molar-refractivity contribution >= 4 is 23.7 Å². The Balaban J connectivity index is 1.44. The maximum absolute atomic E-state index is 12.4. The number of nitrogens with zero attached hydrogens (tertiary/aromatic N) is 2. The molecule has 1 heterocycles. The van der Waals surface area contributed by atoms with Gasteiger partial charge >= 0.3 is 12.1 Å². The third-order valence-corrected chi connectivity index (χ3v) is 5.70. The van der Waals surface area contributed by atoms with Crippen LogP contribution in [0.1, 0.15) is 22.9 Å². The average molecular weight is 426 g/mol. The number of imidazole rings is 1. The number of nitrogens with one attached hydrogen (secondary N) is 1. The highest BCUT2D eigenvalue weighted by atomic mass is 35.5. The van der Waals surface area contributed by atoms with E-state index in [1.165, 1.54) is 6.20 Å². The summed E-state index contributed by atoms with van der Waals surface area (Å²) in [6.45, 7) is 0.112. The van der Waals surface area contributed by atoms with Crippen LogP contribution in [0.4, 0.5) is 4.79 Å². The van der Waals surface area contributed by atoms with Crippen LogP contribution in [0, 0.1) is 0 Å². The van der Waals surface area contributed by atoms with Gasteiger partial charge in [-0.3, -0.25) is 0 Å². The number of hydrogen-bond acceptors (Lipinski definition) is 4. The van der Waals surface area contributed by atoms with Gasteiger partial charge in [-0.1, -0.05) is 60.1 Å². The van der Waals surface area contributed by atoms with Crippen molar-refractivity contribution in [1.82, 2.24) is 14.9 Å². The number of aliphatic carboxylic acids is 1. The van der Waals surface area contributed by atoms with Crippen LogP contribution in [0.5, 0.6) is 0 Å². The summed E-state index contributed by atoms with van der Waals surface area (Å²) in [7, 11) is 1.68. The van der Waals surface area contributed by atoms with Gasteiger partial charge in [0.15, 0.2) is 0 Å². The first-order valence-electron chi connectivity index (χ1n) is 9.46. The van der Waals surface area contributed by atoms with Crippen molar-refractivity contribution in [3.63, 3.8) is 0 Å². The largest absolute Gasteiger partial charge is 0.480 e. The Kier molecular flexibility index (Phi) is 5.46. The van der Waals surface area contributed by atoms with E-state index in [1.54, 1.807) is 11.6 Å².